The summed E-state index contributed by atoms with van der Waals surface area (Å²) >= 11 is 0. The van der Waals surface area contributed by atoms with Gasteiger partial charge in [-0.1, -0.05) is 6.07 Å². The molecule has 1 aromatic heterocycles. The molecule has 4 nitrogen and oxygen atoms in total. The van der Waals surface area contributed by atoms with Gasteiger partial charge in [-0.25, -0.2) is 0 Å². The predicted octanol–water partition coefficient (Wildman–Crippen LogP) is 4.14. The first kappa shape index (κ1) is 18.5. The highest BCUT2D eigenvalue weighted by Crippen LogP contribution is 2.24. The van der Waals surface area contributed by atoms with Gasteiger partial charge in [0.25, 0.3) is 5.91 Å². The van der Waals surface area contributed by atoms with E-state index in [9.17, 15) is 10.1 Å². The summed E-state index contributed by atoms with van der Waals surface area (Å²) in [5.74, 6) is -0.339. The number of nitrogens with zero attached hydrogens (tertiary/aromatic N) is 2. The zero-order valence-electron chi connectivity index (χ0n) is 15.8. The van der Waals surface area contributed by atoms with Crippen molar-refractivity contribution >= 4 is 12.0 Å². The van der Waals surface area contributed by atoms with Gasteiger partial charge < -0.3 is 9.88 Å². The fourth-order valence-electron chi connectivity index (χ4n) is 3.05. The van der Waals surface area contributed by atoms with Crippen molar-refractivity contribution in [1.29, 1.82) is 5.26 Å². The maximum Gasteiger partial charge on any atom is 0.262 e. The van der Waals surface area contributed by atoms with Crippen LogP contribution in [0.15, 0.2) is 29.8 Å². The average molecular weight is 335 g/mol. The number of hydrogen-bond acceptors (Lipinski definition) is 2. The number of amides is 1. The second kappa shape index (κ2) is 7.40. The topological polar surface area (TPSA) is 57.8 Å². The molecule has 0 aliphatic rings. The van der Waals surface area contributed by atoms with Crippen molar-refractivity contribution in [2.24, 2.45) is 0 Å². The third-order valence-corrected chi connectivity index (χ3v) is 4.02. The molecule has 130 valence electrons. The minimum absolute atomic E-state index is 0.00745. The Bertz CT molecular complexity index is 859. The van der Waals surface area contributed by atoms with Gasteiger partial charge in [0.05, 0.1) is 0 Å². The summed E-state index contributed by atoms with van der Waals surface area (Å²) < 4.78 is 2.15. The molecule has 0 saturated heterocycles. The van der Waals surface area contributed by atoms with Gasteiger partial charge in [0.2, 0.25) is 0 Å². The standard InChI is InChI=1S/C21H25N3O/c1-13(2)23-21(25)19(12-22)11-18-10-16(5)24(17(18)6)20-8-14(3)7-15(4)9-20/h7-11,13H,1-6H3,(H,23,25)/b19-11-. The molecule has 2 rings (SSSR count). The van der Waals surface area contributed by atoms with E-state index in [4.69, 9.17) is 0 Å². The van der Waals surface area contributed by atoms with Crippen molar-refractivity contribution in [3.05, 3.63) is 57.9 Å². The third-order valence-electron chi connectivity index (χ3n) is 4.02. The van der Waals surface area contributed by atoms with E-state index in [0.717, 1.165) is 22.6 Å². The Labute approximate surface area is 149 Å². The maximum atomic E-state index is 12.1. The number of nitrogens with one attached hydrogen (secondary N) is 1. The first-order valence-electron chi connectivity index (χ1n) is 8.43. The summed E-state index contributed by atoms with van der Waals surface area (Å²) in [6.45, 7) is 11.9. The number of nitriles is 1. The Morgan fingerprint density at radius 3 is 2.24 bits per heavy atom. The quantitative estimate of drug-likeness (QED) is 0.674. The van der Waals surface area contributed by atoms with Gasteiger partial charge in [0.1, 0.15) is 11.6 Å². The smallest absolute Gasteiger partial charge is 0.262 e. The summed E-state index contributed by atoms with van der Waals surface area (Å²) in [6, 6.07) is 10.4. The van der Waals surface area contributed by atoms with E-state index in [1.165, 1.54) is 11.1 Å². The molecule has 25 heavy (non-hydrogen) atoms. The van der Waals surface area contributed by atoms with Crippen LogP contribution in [0.5, 0.6) is 0 Å². The van der Waals surface area contributed by atoms with E-state index in [1.54, 1.807) is 6.08 Å². The Balaban J connectivity index is 2.50. The van der Waals surface area contributed by atoms with Crippen molar-refractivity contribution in [2.45, 2.75) is 47.6 Å². The highest BCUT2D eigenvalue weighted by Gasteiger charge is 2.14. The number of aryl methyl sites for hydroxylation is 3. The molecule has 0 radical (unpaired) electrons. The number of aromatic nitrogens is 1. The van der Waals surface area contributed by atoms with Gasteiger partial charge >= 0.3 is 0 Å². The zero-order valence-corrected chi connectivity index (χ0v) is 15.8. The van der Waals surface area contributed by atoms with Crippen LogP contribution in [0.4, 0.5) is 0 Å². The fourth-order valence-corrected chi connectivity index (χ4v) is 3.05. The number of hydrogen-bond donors (Lipinski definition) is 1. The SMILES string of the molecule is Cc1cc(C)cc(-n2c(C)cc(/C=C(/C#N)C(=O)NC(C)C)c2C)c1. The van der Waals surface area contributed by atoms with Crippen LogP contribution >= 0.6 is 0 Å². The summed E-state index contributed by atoms with van der Waals surface area (Å²) in [5.41, 5.74) is 6.57. The predicted molar refractivity (Wildman–Crippen MR) is 102 cm³/mol. The van der Waals surface area contributed by atoms with E-state index in [2.05, 4.69) is 41.9 Å². The average Bonchev–Trinajstić information content (AvgIpc) is 2.77. The van der Waals surface area contributed by atoms with E-state index >= 15 is 0 Å². The number of rotatable bonds is 4. The van der Waals surface area contributed by atoms with Crippen LogP contribution in [-0.4, -0.2) is 16.5 Å². The highest BCUT2D eigenvalue weighted by atomic mass is 16.1. The fraction of sp³-hybridized carbons (Fsp3) is 0.333. The molecule has 2 aromatic rings. The van der Waals surface area contributed by atoms with Crippen LogP contribution in [0.3, 0.4) is 0 Å². The third kappa shape index (κ3) is 4.19. The van der Waals surface area contributed by atoms with Crippen molar-refractivity contribution in [1.82, 2.24) is 9.88 Å². The molecule has 4 heteroatoms. The normalized spacial score (nSPS) is 11.5. The zero-order chi connectivity index (χ0) is 18.7. The lowest BCUT2D eigenvalue weighted by atomic mass is 10.1. The molecule has 1 N–H and O–H groups in total. The van der Waals surface area contributed by atoms with E-state index in [0.29, 0.717) is 0 Å². The summed E-state index contributed by atoms with van der Waals surface area (Å²) in [6.07, 6.45) is 1.67. The van der Waals surface area contributed by atoms with Gasteiger partial charge in [-0.2, -0.15) is 5.26 Å². The number of carbonyl (C=O) groups is 1. The van der Waals surface area contributed by atoms with Crippen LogP contribution in [0.1, 0.15) is 41.9 Å². The molecule has 0 atom stereocenters. The second-order valence-electron chi connectivity index (χ2n) is 6.81. The molecule has 0 aliphatic carbocycles. The van der Waals surface area contributed by atoms with E-state index < -0.39 is 0 Å². The van der Waals surface area contributed by atoms with Gasteiger partial charge in [-0.05, 0) is 82.5 Å². The first-order chi connectivity index (χ1) is 11.7. The molecule has 1 aromatic carbocycles. The Morgan fingerprint density at radius 1 is 1.12 bits per heavy atom. The van der Waals surface area contributed by atoms with Crippen LogP contribution < -0.4 is 5.32 Å². The van der Waals surface area contributed by atoms with E-state index in [-0.39, 0.29) is 17.5 Å². The maximum absolute atomic E-state index is 12.1. The van der Waals surface area contributed by atoms with Crippen LogP contribution in [0.2, 0.25) is 0 Å². The molecule has 1 amide bonds. The molecule has 0 bridgehead atoms. The van der Waals surface area contributed by atoms with Crippen LogP contribution in [-0.2, 0) is 4.79 Å². The Kier molecular flexibility index (Phi) is 5.48. The van der Waals surface area contributed by atoms with Crippen LogP contribution in [0, 0.1) is 39.0 Å². The largest absolute Gasteiger partial charge is 0.349 e. The minimum Gasteiger partial charge on any atom is -0.349 e. The summed E-state index contributed by atoms with van der Waals surface area (Å²) in [4.78, 5) is 12.1. The number of carbonyl (C=O) groups excluding carboxylic acids is 1. The van der Waals surface area contributed by atoms with E-state index in [1.807, 2.05) is 39.8 Å². The lowest BCUT2D eigenvalue weighted by Crippen LogP contribution is -2.30. The molecule has 0 spiro atoms. The van der Waals surface area contributed by atoms with Crippen LogP contribution in [0.25, 0.3) is 11.8 Å². The molecule has 0 aliphatic heterocycles. The lowest BCUT2D eigenvalue weighted by Gasteiger charge is -2.12. The van der Waals surface area contributed by atoms with Crippen molar-refractivity contribution < 1.29 is 4.79 Å². The van der Waals surface area contributed by atoms with Gasteiger partial charge in [-0.15, -0.1) is 0 Å². The van der Waals surface area contributed by atoms with Gasteiger partial charge in [0.15, 0.2) is 0 Å². The molecular formula is C21H25N3O. The Morgan fingerprint density at radius 2 is 1.72 bits per heavy atom. The van der Waals surface area contributed by atoms with Crippen molar-refractivity contribution in [3.63, 3.8) is 0 Å². The monoisotopic (exact) mass is 335 g/mol. The van der Waals surface area contributed by atoms with Gasteiger partial charge in [-0.3, -0.25) is 4.79 Å². The highest BCUT2D eigenvalue weighted by molar-refractivity contribution is 6.02. The second-order valence-corrected chi connectivity index (χ2v) is 6.81. The Hall–Kier alpha value is -2.80. The summed E-state index contributed by atoms with van der Waals surface area (Å²) in [5, 5.41) is 12.1. The molecular weight excluding hydrogens is 310 g/mol. The summed E-state index contributed by atoms with van der Waals surface area (Å²) in [7, 11) is 0. The minimum atomic E-state index is -0.339. The van der Waals surface area contributed by atoms with Crippen molar-refractivity contribution in [2.75, 3.05) is 0 Å². The molecule has 0 unspecified atom stereocenters. The number of benzene rings is 1. The molecule has 1 heterocycles. The van der Waals surface area contributed by atoms with Gasteiger partial charge in [0, 0.05) is 23.1 Å². The lowest BCUT2D eigenvalue weighted by molar-refractivity contribution is -0.117. The first-order valence-corrected chi connectivity index (χ1v) is 8.43. The molecule has 0 saturated carbocycles. The van der Waals surface area contributed by atoms with Crippen molar-refractivity contribution in [3.8, 4) is 11.8 Å². The molecule has 0 fully saturated rings.